The van der Waals surface area contributed by atoms with Gasteiger partial charge in [0.1, 0.15) is 12.6 Å². The molecule has 1 fully saturated rings. The molecule has 1 atom stereocenters. The lowest BCUT2D eigenvalue weighted by Gasteiger charge is -2.30. The van der Waals surface area contributed by atoms with E-state index < -0.39 is 24.8 Å². The molecule has 4 rings (SSSR count). The number of carbonyl (C=O) groups is 2. The SMILES string of the molecule is CC(N/C=C(\C=N)c1cnn2c(-c3cccc(NC(=O)NCC(F)(F)F)c3)cnc2c1)C(=O)NC1CCN(C)CC1. The van der Waals surface area contributed by atoms with Crippen LogP contribution >= 0.6 is 0 Å². The maximum absolute atomic E-state index is 12.6. The molecule has 14 heteroatoms. The topological polar surface area (TPSA) is 140 Å². The third-order valence-corrected chi connectivity index (χ3v) is 6.66. The van der Waals surface area contributed by atoms with Crippen molar-refractivity contribution >= 4 is 35.1 Å². The number of halogens is 3. The predicted molar refractivity (Wildman–Crippen MR) is 150 cm³/mol. The van der Waals surface area contributed by atoms with Gasteiger partial charge in [0, 0.05) is 40.8 Å². The van der Waals surface area contributed by atoms with E-state index in [2.05, 4.69) is 38.0 Å². The highest BCUT2D eigenvalue weighted by Gasteiger charge is 2.27. The number of imidazole rings is 1. The van der Waals surface area contributed by atoms with Gasteiger partial charge in [-0.15, -0.1) is 0 Å². The number of nitrogens with zero attached hydrogens (tertiary/aromatic N) is 4. The first-order valence-electron chi connectivity index (χ1n) is 13.0. The number of alkyl halides is 3. The lowest BCUT2D eigenvalue weighted by atomic mass is 10.1. The van der Waals surface area contributed by atoms with Crippen molar-refractivity contribution in [2.24, 2.45) is 0 Å². The predicted octanol–water partition coefficient (Wildman–Crippen LogP) is 3.26. The van der Waals surface area contributed by atoms with Crippen molar-refractivity contribution in [3.8, 4) is 11.3 Å². The Bertz CT molecular complexity index is 1430. The highest BCUT2D eigenvalue weighted by molar-refractivity contribution is 6.08. The van der Waals surface area contributed by atoms with Gasteiger partial charge in [-0.3, -0.25) is 4.79 Å². The number of fused-ring (bicyclic) bond motifs is 1. The van der Waals surface area contributed by atoms with Crippen molar-refractivity contribution in [2.75, 3.05) is 32.0 Å². The molecule has 0 bridgehead atoms. The van der Waals surface area contributed by atoms with Crippen LogP contribution in [0.15, 0.2) is 48.9 Å². The summed E-state index contributed by atoms with van der Waals surface area (Å²) in [6.45, 7) is 2.21. The molecule has 2 aromatic heterocycles. The summed E-state index contributed by atoms with van der Waals surface area (Å²) < 4.78 is 38.6. The van der Waals surface area contributed by atoms with Crippen LogP contribution in [0.5, 0.6) is 0 Å². The van der Waals surface area contributed by atoms with Crippen LogP contribution in [0.25, 0.3) is 22.5 Å². The van der Waals surface area contributed by atoms with Gasteiger partial charge in [0.15, 0.2) is 5.65 Å². The van der Waals surface area contributed by atoms with Crippen LogP contribution in [0, 0.1) is 5.41 Å². The van der Waals surface area contributed by atoms with E-state index in [0.29, 0.717) is 33.7 Å². The van der Waals surface area contributed by atoms with Crippen molar-refractivity contribution in [3.05, 3.63) is 54.5 Å². The summed E-state index contributed by atoms with van der Waals surface area (Å²) in [5, 5.41) is 22.6. The number of piperidine rings is 1. The fraction of sp³-hybridized carbons (Fsp3) is 0.370. The maximum Gasteiger partial charge on any atom is 0.405 e. The zero-order valence-corrected chi connectivity index (χ0v) is 22.6. The van der Waals surface area contributed by atoms with Crippen LogP contribution in [0.3, 0.4) is 0 Å². The van der Waals surface area contributed by atoms with Crippen LogP contribution in [0.2, 0.25) is 0 Å². The molecule has 11 nitrogen and oxygen atoms in total. The van der Waals surface area contributed by atoms with Gasteiger partial charge >= 0.3 is 12.2 Å². The van der Waals surface area contributed by atoms with E-state index >= 15 is 0 Å². The van der Waals surface area contributed by atoms with Crippen LogP contribution in [0.4, 0.5) is 23.7 Å². The molecule has 1 unspecified atom stereocenters. The Labute approximate surface area is 234 Å². The Hall–Kier alpha value is -4.46. The van der Waals surface area contributed by atoms with E-state index in [-0.39, 0.29) is 11.9 Å². The van der Waals surface area contributed by atoms with E-state index in [1.807, 2.05) is 0 Å². The molecule has 0 spiro atoms. The van der Waals surface area contributed by atoms with Gasteiger partial charge in [-0.1, -0.05) is 12.1 Å². The number of benzene rings is 1. The van der Waals surface area contributed by atoms with Gasteiger partial charge in [0.2, 0.25) is 5.91 Å². The molecule has 0 aliphatic carbocycles. The minimum atomic E-state index is -4.51. The van der Waals surface area contributed by atoms with Crippen LogP contribution in [0.1, 0.15) is 25.3 Å². The van der Waals surface area contributed by atoms with E-state index in [1.165, 1.54) is 0 Å². The van der Waals surface area contributed by atoms with Crippen LogP contribution < -0.4 is 21.3 Å². The molecule has 3 amide bonds. The first-order valence-corrected chi connectivity index (χ1v) is 13.0. The highest BCUT2D eigenvalue weighted by atomic mass is 19.4. The molecule has 0 saturated carbocycles. The van der Waals surface area contributed by atoms with Crippen molar-refractivity contribution < 1.29 is 22.8 Å². The number of amides is 3. The Morgan fingerprint density at radius 2 is 1.95 bits per heavy atom. The molecule has 3 heterocycles. The largest absolute Gasteiger partial charge is 0.405 e. The fourth-order valence-corrected chi connectivity index (χ4v) is 4.32. The van der Waals surface area contributed by atoms with E-state index in [1.54, 1.807) is 65.7 Å². The second kappa shape index (κ2) is 12.8. The number of likely N-dealkylation sites (tertiary alicyclic amines) is 1. The van der Waals surface area contributed by atoms with Crippen molar-refractivity contribution in [1.82, 2.24) is 35.4 Å². The molecule has 218 valence electrons. The van der Waals surface area contributed by atoms with Gasteiger partial charge in [0.25, 0.3) is 0 Å². The number of aromatic nitrogens is 3. The molecule has 3 aromatic rings. The standard InChI is InChI=1S/C27H32F3N9O2/c1-17(25(40)36-21-6-8-38(2)9-7-21)32-13-20(12-31)19-11-24-33-15-23(39(24)35-14-19)18-4-3-5-22(10-18)37-26(41)34-16-27(28,29)30/h3-5,10-15,17,21,31-32H,6-9,16H2,1-2H3,(H,36,40)(H2,34,37,41)/b20-13+,31-12?. The quantitative estimate of drug-likeness (QED) is 0.250. The second-order valence-electron chi connectivity index (χ2n) is 9.88. The summed E-state index contributed by atoms with van der Waals surface area (Å²) in [7, 11) is 2.06. The van der Waals surface area contributed by atoms with Crippen molar-refractivity contribution in [3.63, 3.8) is 0 Å². The van der Waals surface area contributed by atoms with Crippen LogP contribution in [-0.4, -0.2) is 82.6 Å². The Morgan fingerprint density at radius 1 is 1.20 bits per heavy atom. The Morgan fingerprint density at radius 3 is 2.66 bits per heavy atom. The van der Waals surface area contributed by atoms with Gasteiger partial charge < -0.3 is 31.6 Å². The molecule has 1 aliphatic rings. The molecule has 1 aliphatic heterocycles. The van der Waals surface area contributed by atoms with Crippen molar-refractivity contribution in [1.29, 1.82) is 5.41 Å². The Balaban J connectivity index is 1.43. The summed E-state index contributed by atoms with van der Waals surface area (Å²) in [5.74, 6) is -0.110. The zero-order chi connectivity index (χ0) is 29.6. The summed E-state index contributed by atoms with van der Waals surface area (Å²) in [6.07, 6.45) is 3.21. The highest BCUT2D eigenvalue weighted by Crippen LogP contribution is 2.24. The average molecular weight is 572 g/mol. The maximum atomic E-state index is 12.6. The minimum Gasteiger partial charge on any atom is -0.379 e. The smallest absolute Gasteiger partial charge is 0.379 e. The number of carbonyl (C=O) groups excluding carboxylic acids is 2. The van der Waals surface area contributed by atoms with Gasteiger partial charge in [-0.25, -0.2) is 14.3 Å². The molecule has 1 aromatic carbocycles. The lowest BCUT2D eigenvalue weighted by molar-refractivity contribution is -0.124. The fourth-order valence-electron chi connectivity index (χ4n) is 4.32. The number of hydrogen-bond donors (Lipinski definition) is 5. The molecule has 1 saturated heterocycles. The number of hydrogen-bond acceptors (Lipinski definition) is 7. The van der Waals surface area contributed by atoms with Crippen molar-refractivity contribution in [2.45, 2.75) is 38.0 Å². The first kappa shape index (κ1) is 29.5. The number of allylic oxidation sites excluding steroid dienone is 1. The zero-order valence-electron chi connectivity index (χ0n) is 22.6. The molecule has 0 radical (unpaired) electrons. The normalized spacial score (nSPS) is 15.8. The molecule has 5 N–H and O–H groups in total. The van der Waals surface area contributed by atoms with E-state index in [4.69, 9.17) is 5.41 Å². The van der Waals surface area contributed by atoms with Gasteiger partial charge in [-0.2, -0.15) is 18.3 Å². The number of anilines is 1. The third-order valence-electron chi connectivity index (χ3n) is 6.66. The second-order valence-corrected chi connectivity index (χ2v) is 9.88. The summed E-state index contributed by atoms with van der Waals surface area (Å²) in [4.78, 5) is 31.1. The lowest BCUT2D eigenvalue weighted by Crippen LogP contribution is -2.48. The first-order chi connectivity index (χ1) is 19.5. The molecular formula is C27H32F3N9O2. The summed E-state index contributed by atoms with van der Waals surface area (Å²) in [6, 6.07) is 6.95. The number of urea groups is 1. The average Bonchev–Trinajstić information content (AvgIpc) is 3.36. The van der Waals surface area contributed by atoms with E-state index in [0.717, 1.165) is 32.1 Å². The molecular weight excluding hydrogens is 539 g/mol. The minimum absolute atomic E-state index is 0.110. The van der Waals surface area contributed by atoms with Gasteiger partial charge in [0.05, 0.1) is 18.1 Å². The van der Waals surface area contributed by atoms with Gasteiger partial charge in [-0.05, 0) is 58.1 Å². The summed E-state index contributed by atoms with van der Waals surface area (Å²) >= 11 is 0. The van der Waals surface area contributed by atoms with Crippen LogP contribution in [-0.2, 0) is 4.79 Å². The monoisotopic (exact) mass is 571 g/mol. The number of nitrogens with one attached hydrogen (secondary N) is 5. The van der Waals surface area contributed by atoms with E-state index in [9.17, 15) is 22.8 Å². The summed E-state index contributed by atoms with van der Waals surface area (Å²) in [5.41, 5.74) is 3.10. The Kier molecular flexibility index (Phi) is 9.22. The third kappa shape index (κ3) is 8.03. The number of rotatable bonds is 9. The molecule has 41 heavy (non-hydrogen) atoms.